The fraction of sp³-hybridized carbons (Fsp3) is 0.800. The Morgan fingerprint density at radius 3 is 2.64 bits per heavy atom. The first-order valence-corrected chi connectivity index (χ1v) is 14.2. The SMILES string of the molecule is CC(C)(C)[C@@](C)(O)[C@H]1C[C@@]23CC[C@]1(OCC[18F])[C@@H]1Oc4c(O)ccc5c4[C@@]12CCN(CC1CC1)[C@@H]3C5. The highest BCUT2D eigenvalue weighted by Crippen LogP contribution is 2.78. The summed E-state index contributed by atoms with van der Waals surface area (Å²) in [5.74, 6) is 1.45. The highest BCUT2D eigenvalue weighted by atomic mass is 18.2. The van der Waals surface area contributed by atoms with Crippen LogP contribution < -0.4 is 4.74 Å². The molecule has 0 unspecified atom stereocenters. The van der Waals surface area contributed by atoms with Gasteiger partial charge in [0.2, 0.25) is 0 Å². The Balaban J connectivity index is 1.46. The Morgan fingerprint density at radius 1 is 1.17 bits per heavy atom. The van der Waals surface area contributed by atoms with Crippen LogP contribution in [-0.2, 0) is 16.6 Å². The number of aliphatic hydroxyl groups is 1. The van der Waals surface area contributed by atoms with Crippen molar-refractivity contribution in [1.29, 1.82) is 0 Å². The van der Waals surface area contributed by atoms with E-state index in [2.05, 4.69) is 31.7 Å². The third kappa shape index (κ3) is 2.62. The number of alkyl halides is 1. The van der Waals surface area contributed by atoms with Gasteiger partial charge in [0, 0.05) is 34.9 Å². The molecule has 0 amide bonds. The van der Waals surface area contributed by atoms with Gasteiger partial charge >= 0.3 is 0 Å². The van der Waals surface area contributed by atoms with E-state index in [1.807, 2.05) is 6.92 Å². The van der Waals surface area contributed by atoms with Crippen molar-refractivity contribution in [3.05, 3.63) is 23.3 Å². The first kappa shape index (κ1) is 23.7. The van der Waals surface area contributed by atoms with Crippen molar-refractivity contribution < 1.29 is 24.1 Å². The molecule has 2 heterocycles. The molecule has 2 N–H and O–H groups in total. The van der Waals surface area contributed by atoms with Crippen LogP contribution in [0.25, 0.3) is 0 Å². The normalized spacial score (nSPS) is 42.1. The molecule has 8 rings (SSSR count). The summed E-state index contributed by atoms with van der Waals surface area (Å²) in [4.78, 5) is 2.78. The first-order valence-electron chi connectivity index (χ1n) is 14.2. The van der Waals surface area contributed by atoms with Crippen molar-refractivity contribution in [1.82, 2.24) is 4.90 Å². The molecule has 1 aromatic carbocycles. The number of phenolic OH excluding ortho intramolecular Hbond substituents is 1. The molecule has 1 saturated heterocycles. The number of halogens is 1. The molecule has 5 fully saturated rings. The predicted molar refractivity (Wildman–Crippen MR) is 135 cm³/mol. The Hall–Kier alpha value is -1.37. The zero-order chi connectivity index (χ0) is 25.3. The number of piperidine rings is 1. The molecule has 5 aliphatic carbocycles. The lowest BCUT2D eigenvalue weighted by molar-refractivity contribution is -0.319. The molecule has 4 saturated carbocycles. The van der Waals surface area contributed by atoms with E-state index < -0.39 is 17.9 Å². The number of nitrogens with zero attached hydrogens (tertiary/aromatic N) is 1. The fourth-order valence-electron chi connectivity index (χ4n) is 9.71. The van der Waals surface area contributed by atoms with Crippen molar-refractivity contribution in [2.75, 3.05) is 26.4 Å². The number of rotatable bonds is 6. The minimum Gasteiger partial charge on any atom is -0.504 e. The number of benzene rings is 1. The van der Waals surface area contributed by atoms with Gasteiger partial charge in [-0.05, 0) is 81.4 Å². The molecular weight excluding hydrogens is 456 g/mol. The molecule has 198 valence electrons. The Kier molecular flexibility index (Phi) is 4.73. The number of ether oxygens (including phenoxy) is 2. The van der Waals surface area contributed by atoms with Gasteiger partial charge in [-0.1, -0.05) is 26.8 Å². The van der Waals surface area contributed by atoms with Gasteiger partial charge in [-0.3, -0.25) is 4.90 Å². The molecule has 0 aromatic heterocycles. The molecule has 7 atom stereocenters. The summed E-state index contributed by atoms with van der Waals surface area (Å²) in [6, 6.07) is 4.29. The van der Waals surface area contributed by atoms with Crippen molar-refractivity contribution in [3.63, 3.8) is 0 Å². The minimum atomic E-state index is -1.03. The van der Waals surface area contributed by atoms with Gasteiger partial charge in [0.25, 0.3) is 0 Å². The van der Waals surface area contributed by atoms with Crippen LogP contribution in [0.5, 0.6) is 11.5 Å². The second-order valence-electron chi connectivity index (χ2n) is 14.1. The summed E-state index contributed by atoms with van der Waals surface area (Å²) in [5.41, 5.74) is -0.0372. The number of hydrogen-bond acceptors (Lipinski definition) is 5. The Bertz CT molecular complexity index is 1100. The van der Waals surface area contributed by atoms with Crippen molar-refractivity contribution in [3.8, 4) is 11.5 Å². The van der Waals surface area contributed by atoms with Crippen LogP contribution in [0.4, 0.5) is 4.39 Å². The quantitative estimate of drug-likeness (QED) is 0.593. The molecule has 36 heavy (non-hydrogen) atoms. The van der Waals surface area contributed by atoms with E-state index in [4.69, 9.17) is 9.47 Å². The second kappa shape index (κ2) is 7.18. The van der Waals surface area contributed by atoms with Crippen LogP contribution in [0, 0.1) is 22.7 Å². The van der Waals surface area contributed by atoms with Crippen LogP contribution in [0.15, 0.2) is 12.1 Å². The molecule has 1 aromatic rings. The summed E-state index contributed by atoms with van der Waals surface area (Å²) in [6.07, 6.45) is 6.89. The summed E-state index contributed by atoms with van der Waals surface area (Å²) in [6.45, 7) is 9.90. The molecule has 2 aliphatic heterocycles. The van der Waals surface area contributed by atoms with E-state index in [0.717, 1.165) is 51.1 Å². The van der Waals surface area contributed by atoms with Crippen LogP contribution in [-0.4, -0.2) is 64.8 Å². The number of likely N-dealkylation sites (tertiary alicyclic amines) is 1. The summed E-state index contributed by atoms with van der Waals surface area (Å²) in [7, 11) is 0. The largest absolute Gasteiger partial charge is 0.504 e. The van der Waals surface area contributed by atoms with E-state index in [1.54, 1.807) is 6.07 Å². The lowest BCUT2D eigenvalue weighted by Crippen LogP contribution is -2.83. The average Bonchev–Trinajstić information content (AvgIpc) is 3.57. The third-order valence-corrected chi connectivity index (χ3v) is 11.9. The molecular formula is C30H42FNO4. The molecule has 4 bridgehead atoms. The number of aromatic hydroxyl groups is 1. The van der Waals surface area contributed by atoms with E-state index >= 15 is 0 Å². The van der Waals surface area contributed by atoms with Gasteiger partial charge in [-0.15, -0.1) is 0 Å². The van der Waals surface area contributed by atoms with Crippen LogP contribution in [0.1, 0.15) is 77.3 Å². The van der Waals surface area contributed by atoms with Gasteiger partial charge in [0.1, 0.15) is 18.4 Å². The summed E-state index contributed by atoms with van der Waals surface area (Å²) >= 11 is 0. The standard InChI is InChI=1S/C30H42FNO4/c1-26(2,3)27(4,34)21-16-28-9-10-30(21,35-14-12-31)25-29(28)11-13-32(17-18-5-6-18)22(28)15-19-7-8-20(33)24(36-25)23(19)29/h7-8,18,21-22,25,33-34H,5-6,9-17H2,1-4H3/t21-,22-,25-,27+,28-,29+,30-/m1/s1/i31-1. The summed E-state index contributed by atoms with van der Waals surface area (Å²) < 4.78 is 27.2. The van der Waals surface area contributed by atoms with Gasteiger partial charge in [-0.2, -0.15) is 0 Å². The Morgan fingerprint density at radius 2 is 1.94 bits per heavy atom. The monoisotopic (exact) mass is 498 g/mol. The topological polar surface area (TPSA) is 62.2 Å². The lowest BCUT2D eigenvalue weighted by Gasteiger charge is -2.75. The average molecular weight is 499 g/mol. The second-order valence-corrected chi connectivity index (χ2v) is 14.1. The van der Waals surface area contributed by atoms with E-state index in [-0.39, 0.29) is 40.6 Å². The number of phenols is 1. The Labute approximate surface area is 214 Å². The number of fused-ring (bicyclic) bond motifs is 2. The summed E-state index contributed by atoms with van der Waals surface area (Å²) in [5, 5.41) is 23.3. The zero-order valence-electron chi connectivity index (χ0n) is 22.3. The van der Waals surface area contributed by atoms with Crippen LogP contribution in [0.3, 0.4) is 0 Å². The smallest absolute Gasteiger partial charge is 0.165 e. The van der Waals surface area contributed by atoms with Gasteiger partial charge in [0.15, 0.2) is 11.5 Å². The highest BCUT2D eigenvalue weighted by molar-refractivity contribution is 5.63. The van der Waals surface area contributed by atoms with E-state index in [1.165, 1.54) is 24.0 Å². The maximum atomic E-state index is 13.7. The van der Waals surface area contributed by atoms with Crippen molar-refractivity contribution in [2.45, 2.75) is 101 Å². The lowest BCUT2D eigenvalue weighted by atomic mass is 9.33. The van der Waals surface area contributed by atoms with Gasteiger partial charge < -0.3 is 19.7 Å². The molecule has 0 radical (unpaired) electrons. The molecule has 7 aliphatic rings. The van der Waals surface area contributed by atoms with Gasteiger partial charge in [0.05, 0.1) is 12.2 Å². The van der Waals surface area contributed by atoms with Crippen molar-refractivity contribution in [2.24, 2.45) is 22.7 Å². The zero-order valence-corrected chi connectivity index (χ0v) is 22.3. The maximum absolute atomic E-state index is 13.7. The predicted octanol–water partition coefficient (Wildman–Crippen LogP) is 4.75. The first-order chi connectivity index (χ1) is 17.0. The molecule has 2 spiro atoms. The third-order valence-electron chi connectivity index (χ3n) is 11.9. The minimum absolute atomic E-state index is 0.00603. The maximum Gasteiger partial charge on any atom is 0.165 e. The van der Waals surface area contributed by atoms with Gasteiger partial charge in [-0.25, -0.2) is 4.39 Å². The fourth-order valence-corrected chi connectivity index (χ4v) is 9.71. The molecule has 5 nitrogen and oxygen atoms in total. The van der Waals surface area contributed by atoms with E-state index in [9.17, 15) is 14.6 Å². The highest BCUT2D eigenvalue weighted by Gasteiger charge is 2.82. The van der Waals surface area contributed by atoms with Crippen LogP contribution in [0.2, 0.25) is 0 Å². The van der Waals surface area contributed by atoms with Crippen LogP contribution >= 0.6 is 0 Å². The molecule has 6 heteroatoms. The number of hydrogen-bond donors (Lipinski definition) is 2. The van der Waals surface area contributed by atoms with Crippen molar-refractivity contribution >= 4 is 0 Å². The van der Waals surface area contributed by atoms with E-state index in [0.29, 0.717) is 11.8 Å².